The number of benzene rings is 1. The maximum Gasteiger partial charge on any atom is 0.0611 e. The lowest BCUT2D eigenvalue weighted by Crippen LogP contribution is -2.39. The second-order valence-corrected chi connectivity index (χ2v) is 5.30. The third-order valence-electron chi connectivity index (χ3n) is 3.39. The van der Waals surface area contributed by atoms with E-state index in [-0.39, 0.29) is 0 Å². The molecule has 2 nitrogen and oxygen atoms in total. The number of hydrogen-bond acceptors (Lipinski definition) is 3. The number of nitrogens with zero attached hydrogens (tertiary/aromatic N) is 1. The predicted octanol–water partition coefficient (Wildman–Crippen LogP) is 3.17. The molecule has 1 unspecified atom stereocenters. The van der Waals surface area contributed by atoms with E-state index in [1.54, 1.807) is 11.3 Å². The van der Waals surface area contributed by atoms with Crippen LogP contribution in [0.2, 0.25) is 0 Å². The summed E-state index contributed by atoms with van der Waals surface area (Å²) >= 11 is 1.77. The normalized spacial score (nSPS) is 18.7. The number of rotatable bonds is 3. The molecule has 1 atom stereocenters. The van der Waals surface area contributed by atoms with Gasteiger partial charge in [0.15, 0.2) is 0 Å². The van der Waals surface area contributed by atoms with Crippen molar-refractivity contribution in [3.05, 3.63) is 58.3 Å². The third kappa shape index (κ3) is 2.48. The molecule has 3 heteroatoms. The van der Waals surface area contributed by atoms with Gasteiger partial charge < -0.3 is 4.74 Å². The van der Waals surface area contributed by atoms with Crippen molar-refractivity contribution in [1.29, 1.82) is 0 Å². The van der Waals surface area contributed by atoms with Crippen LogP contribution in [0.15, 0.2) is 47.2 Å². The van der Waals surface area contributed by atoms with Gasteiger partial charge in [-0.1, -0.05) is 30.3 Å². The molecule has 0 aliphatic carbocycles. The molecule has 94 valence electrons. The Balaban J connectivity index is 1.93. The largest absolute Gasteiger partial charge is 0.379 e. The van der Waals surface area contributed by atoms with Gasteiger partial charge in [-0.05, 0) is 28.0 Å². The van der Waals surface area contributed by atoms with Crippen molar-refractivity contribution in [3.63, 3.8) is 0 Å². The predicted molar refractivity (Wildman–Crippen MR) is 75.0 cm³/mol. The highest BCUT2D eigenvalue weighted by Crippen LogP contribution is 2.30. The van der Waals surface area contributed by atoms with Crippen LogP contribution in [0.1, 0.15) is 17.2 Å². The molecule has 0 N–H and O–H groups in total. The molecule has 0 spiro atoms. The number of ether oxygens (including phenoxy) is 1. The summed E-state index contributed by atoms with van der Waals surface area (Å²) in [6.45, 7) is 3.70. The van der Waals surface area contributed by atoms with E-state index in [9.17, 15) is 0 Å². The fourth-order valence-corrected chi connectivity index (χ4v) is 3.19. The van der Waals surface area contributed by atoms with Crippen molar-refractivity contribution in [1.82, 2.24) is 4.90 Å². The second-order valence-electron chi connectivity index (χ2n) is 4.52. The van der Waals surface area contributed by atoms with Crippen LogP contribution in [0, 0.1) is 0 Å². The molecule has 0 radical (unpaired) electrons. The molecule has 0 amide bonds. The summed E-state index contributed by atoms with van der Waals surface area (Å²) in [6, 6.07) is 13.4. The second kappa shape index (κ2) is 5.65. The summed E-state index contributed by atoms with van der Waals surface area (Å²) in [5.74, 6) is 0. The number of hydrogen-bond donors (Lipinski definition) is 0. The lowest BCUT2D eigenvalue weighted by molar-refractivity contribution is 0.0240. The summed E-state index contributed by atoms with van der Waals surface area (Å²) in [5.41, 5.74) is 2.77. The molecule has 1 fully saturated rings. The van der Waals surface area contributed by atoms with E-state index < -0.39 is 0 Å². The fraction of sp³-hybridized carbons (Fsp3) is 0.333. The SMILES string of the molecule is c1ccc(C(c2ccsc2)N2CCOCC2)cc1. The zero-order valence-electron chi connectivity index (χ0n) is 10.3. The Bertz CT molecular complexity index is 463. The molecule has 1 aliphatic heterocycles. The average Bonchev–Trinajstić information content (AvgIpc) is 2.95. The minimum Gasteiger partial charge on any atom is -0.379 e. The van der Waals surface area contributed by atoms with Crippen molar-refractivity contribution >= 4 is 11.3 Å². The molecule has 0 bridgehead atoms. The standard InChI is InChI=1S/C15H17NOS/c1-2-4-13(5-3-1)15(14-6-11-18-12-14)16-7-9-17-10-8-16/h1-6,11-12,15H,7-10H2. The van der Waals surface area contributed by atoms with Crippen LogP contribution in [0.5, 0.6) is 0 Å². The summed E-state index contributed by atoms with van der Waals surface area (Å²) in [6.07, 6.45) is 0. The first-order valence-corrected chi connectivity index (χ1v) is 7.28. The average molecular weight is 259 g/mol. The van der Waals surface area contributed by atoms with Crippen molar-refractivity contribution < 1.29 is 4.74 Å². The minimum atomic E-state index is 0.376. The van der Waals surface area contributed by atoms with Gasteiger partial charge >= 0.3 is 0 Å². The van der Waals surface area contributed by atoms with E-state index >= 15 is 0 Å². The van der Waals surface area contributed by atoms with E-state index in [2.05, 4.69) is 52.1 Å². The van der Waals surface area contributed by atoms with Gasteiger partial charge in [0.25, 0.3) is 0 Å². The van der Waals surface area contributed by atoms with Gasteiger partial charge in [0, 0.05) is 13.1 Å². The zero-order valence-corrected chi connectivity index (χ0v) is 11.1. The first-order chi connectivity index (χ1) is 8.95. The van der Waals surface area contributed by atoms with Gasteiger partial charge in [-0.15, -0.1) is 0 Å². The molecule has 1 saturated heterocycles. The number of morpholine rings is 1. The highest BCUT2D eigenvalue weighted by molar-refractivity contribution is 7.08. The smallest absolute Gasteiger partial charge is 0.0611 e. The van der Waals surface area contributed by atoms with Gasteiger partial charge in [0.2, 0.25) is 0 Å². The molecule has 3 rings (SSSR count). The molecule has 2 heterocycles. The van der Waals surface area contributed by atoms with E-state index in [0.29, 0.717) is 6.04 Å². The first kappa shape index (κ1) is 11.9. The molecule has 0 saturated carbocycles. The molecular weight excluding hydrogens is 242 g/mol. The minimum absolute atomic E-state index is 0.376. The molecular formula is C15H17NOS. The molecule has 2 aromatic rings. The molecule has 1 aliphatic rings. The topological polar surface area (TPSA) is 12.5 Å². The van der Waals surface area contributed by atoms with Crippen molar-refractivity contribution in [3.8, 4) is 0 Å². The van der Waals surface area contributed by atoms with Crippen molar-refractivity contribution in [2.45, 2.75) is 6.04 Å². The molecule has 1 aromatic heterocycles. The monoisotopic (exact) mass is 259 g/mol. The summed E-state index contributed by atoms with van der Waals surface area (Å²) < 4.78 is 5.46. The van der Waals surface area contributed by atoms with Gasteiger partial charge in [0.1, 0.15) is 0 Å². The van der Waals surface area contributed by atoms with Crippen molar-refractivity contribution in [2.24, 2.45) is 0 Å². The van der Waals surface area contributed by atoms with Crippen LogP contribution < -0.4 is 0 Å². The highest BCUT2D eigenvalue weighted by Gasteiger charge is 2.24. The van der Waals surface area contributed by atoms with Gasteiger partial charge in [-0.2, -0.15) is 11.3 Å². The quantitative estimate of drug-likeness (QED) is 0.839. The van der Waals surface area contributed by atoms with Gasteiger partial charge in [0.05, 0.1) is 19.3 Å². The Morgan fingerprint density at radius 1 is 1.00 bits per heavy atom. The molecule has 18 heavy (non-hydrogen) atoms. The Kier molecular flexibility index (Phi) is 3.74. The zero-order chi connectivity index (χ0) is 12.2. The fourth-order valence-electron chi connectivity index (χ4n) is 2.52. The lowest BCUT2D eigenvalue weighted by atomic mass is 9.99. The van der Waals surface area contributed by atoms with E-state index in [4.69, 9.17) is 4.74 Å². The Labute approximate surface area is 112 Å². The van der Waals surface area contributed by atoms with Gasteiger partial charge in [-0.25, -0.2) is 0 Å². The Morgan fingerprint density at radius 3 is 2.44 bits per heavy atom. The van der Waals surface area contributed by atoms with Crippen LogP contribution >= 0.6 is 11.3 Å². The summed E-state index contributed by atoms with van der Waals surface area (Å²) in [5, 5.41) is 4.42. The Morgan fingerprint density at radius 2 is 1.78 bits per heavy atom. The van der Waals surface area contributed by atoms with E-state index in [1.807, 2.05) is 0 Å². The van der Waals surface area contributed by atoms with Crippen LogP contribution in [0.3, 0.4) is 0 Å². The van der Waals surface area contributed by atoms with Gasteiger partial charge in [-0.3, -0.25) is 4.90 Å². The van der Waals surface area contributed by atoms with E-state index in [0.717, 1.165) is 26.3 Å². The van der Waals surface area contributed by atoms with Crippen LogP contribution in [-0.4, -0.2) is 31.2 Å². The number of thiophene rings is 1. The molecule has 1 aromatic carbocycles. The van der Waals surface area contributed by atoms with Crippen LogP contribution in [0.25, 0.3) is 0 Å². The first-order valence-electron chi connectivity index (χ1n) is 6.34. The van der Waals surface area contributed by atoms with E-state index in [1.165, 1.54) is 11.1 Å². The van der Waals surface area contributed by atoms with Crippen LogP contribution in [-0.2, 0) is 4.74 Å². The van der Waals surface area contributed by atoms with Crippen molar-refractivity contribution in [2.75, 3.05) is 26.3 Å². The van der Waals surface area contributed by atoms with Crippen LogP contribution in [0.4, 0.5) is 0 Å². The Hall–Kier alpha value is -1.16. The maximum absolute atomic E-state index is 5.46. The lowest BCUT2D eigenvalue weighted by Gasteiger charge is -2.34. The summed E-state index contributed by atoms with van der Waals surface area (Å²) in [4.78, 5) is 2.51. The highest BCUT2D eigenvalue weighted by atomic mass is 32.1. The summed E-state index contributed by atoms with van der Waals surface area (Å²) in [7, 11) is 0. The maximum atomic E-state index is 5.46. The third-order valence-corrected chi connectivity index (χ3v) is 4.09.